The van der Waals surface area contributed by atoms with Crippen LogP contribution in [-0.4, -0.2) is 0 Å². The van der Waals surface area contributed by atoms with Gasteiger partial charge < -0.3 is 0 Å². The van der Waals surface area contributed by atoms with Crippen molar-refractivity contribution in [2.24, 2.45) is 0 Å². The van der Waals surface area contributed by atoms with Gasteiger partial charge in [-0.3, -0.25) is 0 Å². The van der Waals surface area contributed by atoms with Crippen LogP contribution in [0.4, 0.5) is 0 Å². The predicted molar refractivity (Wildman–Crippen MR) is 131 cm³/mol. The van der Waals surface area contributed by atoms with Crippen LogP contribution in [0.1, 0.15) is 63.8 Å². The van der Waals surface area contributed by atoms with Crippen LogP contribution in [0.25, 0.3) is 0 Å². The molecule has 0 bridgehead atoms. The molecule has 0 radical (unpaired) electrons. The van der Waals surface area contributed by atoms with Crippen LogP contribution in [0.3, 0.4) is 0 Å². The van der Waals surface area contributed by atoms with E-state index in [1.54, 1.807) is 0 Å². The molecule has 0 saturated carbocycles. The maximum absolute atomic E-state index is 2.39. The molecule has 6 rings (SSSR count). The van der Waals surface area contributed by atoms with Gasteiger partial charge in [-0.25, -0.2) is 0 Å². The van der Waals surface area contributed by atoms with Crippen LogP contribution < -0.4 is 0 Å². The Morgan fingerprint density at radius 3 is 0.839 bits per heavy atom. The minimum absolute atomic E-state index is 0. The van der Waals surface area contributed by atoms with E-state index in [0.717, 1.165) is 25.7 Å². The van der Waals surface area contributed by atoms with E-state index < -0.39 is 0 Å². The fourth-order valence-corrected chi connectivity index (χ4v) is 5.85. The zero-order valence-corrected chi connectivity index (χ0v) is 17.2. The van der Waals surface area contributed by atoms with Gasteiger partial charge in [-0.2, -0.15) is 0 Å². The summed E-state index contributed by atoms with van der Waals surface area (Å²) in [4.78, 5) is 0. The number of fused-ring (bicyclic) bond motifs is 4. The van der Waals surface area contributed by atoms with Crippen molar-refractivity contribution in [1.82, 2.24) is 0 Å². The predicted octanol–water partition coefficient (Wildman–Crippen LogP) is 7.48. The van der Waals surface area contributed by atoms with Gasteiger partial charge in [0.1, 0.15) is 0 Å². The molecule has 154 valence electrons. The lowest BCUT2D eigenvalue weighted by molar-refractivity contribution is 0.687. The zero-order chi connectivity index (χ0) is 19.9. The largest absolute Gasteiger partial charge is 0.0776 e. The molecule has 0 aromatic heterocycles. The van der Waals surface area contributed by atoms with Gasteiger partial charge in [-0.05, 0) is 70.2 Å². The summed E-state index contributed by atoms with van der Waals surface area (Å²) in [5.41, 5.74) is 12.1. The van der Waals surface area contributed by atoms with Crippen LogP contribution in [0.2, 0.25) is 0 Å². The molecule has 0 saturated heterocycles. The standard InChI is InChI=1S/C30H26.CH4/c1-5-13-25-21(9-1)17-18-22-10-2-6-14-26(22)29(25)30-27-15-7-3-11-23(27)19-20-24-12-4-8-16-28(24)30;/h1-16,29-30H,17-20H2;1H4. The van der Waals surface area contributed by atoms with Gasteiger partial charge in [0.25, 0.3) is 0 Å². The summed E-state index contributed by atoms with van der Waals surface area (Å²) < 4.78 is 0. The third-order valence-corrected chi connectivity index (χ3v) is 7.22. The number of hydrogen-bond acceptors (Lipinski definition) is 0. The summed E-state index contributed by atoms with van der Waals surface area (Å²) in [6, 6.07) is 36.7. The van der Waals surface area contributed by atoms with Crippen molar-refractivity contribution in [2.75, 3.05) is 0 Å². The van der Waals surface area contributed by atoms with Gasteiger partial charge in [-0.15, -0.1) is 0 Å². The number of aryl methyl sites for hydroxylation is 4. The quantitative estimate of drug-likeness (QED) is 0.309. The fourth-order valence-electron chi connectivity index (χ4n) is 5.85. The minimum atomic E-state index is 0. The van der Waals surface area contributed by atoms with Crippen LogP contribution in [-0.2, 0) is 25.7 Å². The minimum Gasteiger partial charge on any atom is -0.0776 e. The molecule has 0 N–H and O–H groups in total. The Bertz CT molecular complexity index is 1020. The van der Waals surface area contributed by atoms with Crippen LogP contribution in [0.5, 0.6) is 0 Å². The summed E-state index contributed by atoms with van der Waals surface area (Å²) in [6.45, 7) is 0. The lowest BCUT2D eigenvalue weighted by Gasteiger charge is -2.31. The first-order chi connectivity index (χ1) is 14.9. The molecule has 0 nitrogen and oxygen atoms in total. The SMILES string of the molecule is C.c1ccc2c(c1)CCc1ccccc1C2C1c2ccccc2CCc2ccccc21. The summed E-state index contributed by atoms with van der Waals surface area (Å²) in [7, 11) is 0. The molecule has 0 atom stereocenters. The molecule has 31 heavy (non-hydrogen) atoms. The molecular weight excluding hydrogens is 372 g/mol. The van der Waals surface area contributed by atoms with E-state index in [2.05, 4.69) is 97.1 Å². The molecule has 0 amide bonds. The topological polar surface area (TPSA) is 0 Å². The average Bonchev–Trinajstić information content (AvgIpc) is 3.07. The maximum atomic E-state index is 2.39. The first kappa shape index (κ1) is 19.8. The van der Waals surface area contributed by atoms with E-state index in [1.165, 1.54) is 44.5 Å². The highest BCUT2D eigenvalue weighted by molar-refractivity contribution is 5.54. The van der Waals surface area contributed by atoms with Crippen molar-refractivity contribution >= 4 is 0 Å². The van der Waals surface area contributed by atoms with Crippen LogP contribution >= 0.6 is 0 Å². The second-order valence-corrected chi connectivity index (χ2v) is 8.75. The Labute approximate surface area is 186 Å². The van der Waals surface area contributed by atoms with Gasteiger partial charge in [0.15, 0.2) is 0 Å². The van der Waals surface area contributed by atoms with Crippen molar-refractivity contribution in [3.8, 4) is 0 Å². The third kappa shape index (κ3) is 3.31. The normalized spacial score (nSPS) is 15.4. The van der Waals surface area contributed by atoms with Gasteiger partial charge in [0.2, 0.25) is 0 Å². The van der Waals surface area contributed by atoms with E-state index in [-0.39, 0.29) is 7.43 Å². The van der Waals surface area contributed by atoms with E-state index in [0.29, 0.717) is 11.8 Å². The molecule has 2 aliphatic carbocycles. The van der Waals surface area contributed by atoms with E-state index in [1.807, 2.05) is 0 Å². The highest BCUT2D eigenvalue weighted by atomic mass is 14.4. The maximum Gasteiger partial charge on any atom is 0.0204 e. The average molecular weight is 403 g/mol. The highest BCUT2D eigenvalue weighted by Gasteiger charge is 2.35. The second-order valence-electron chi connectivity index (χ2n) is 8.75. The lowest BCUT2D eigenvalue weighted by Crippen LogP contribution is -2.17. The van der Waals surface area contributed by atoms with E-state index in [9.17, 15) is 0 Å². The molecule has 0 aliphatic heterocycles. The zero-order valence-electron chi connectivity index (χ0n) is 17.2. The number of rotatable bonds is 1. The number of benzene rings is 4. The van der Waals surface area contributed by atoms with Crippen LogP contribution in [0.15, 0.2) is 97.1 Å². The van der Waals surface area contributed by atoms with Gasteiger partial charge in [0.05, 0.1) is 0 Å². The molecule has 4 aromatic rings. The van der Waals surface area contributed by atoms with Crippen molar-refractivity contribution in [2.45, 2.75) is 44.9 Å². The molecule has 2 aliphatic rings. The van der Waals surface area contributed by atoms with Crippen molar-refractivity contribution in [3.63, 3.8) is 0 Å². The first-order valence-electron chi connectivity index (χ1n) is 11.2. The van der Waals surface area contributed by atoms with Crippen LogP contribution in [0, 0.1) is 0 Å². The Hall–Kier alpha value is -3.12. The van der Waals surface area contributed by atoms with E-state index >= 15 is 0 Å². The fraction of sp³-hybridized carbons (Fsp3) is 0.226. The summed E-state index contributed by atoms with van der Waals surface area (Å²) in [6.07, 6.45) is 4.50. The summed E-state index contributed by atoms with van der Waals surface area (Å²) >= 11 is 0. The Morgan fingerprint density at radius 1 is 0.355 bits per heavy atom. The molecule has 0 fully saturated rings. The monoisotopic (exact) mass is 402 g/mol. The smallest absolute Gasteiger partial charge is 0.0204 e. The summed E-state index contributed by atoms with van der Waals surface area (Å²) in [5.74, 6) is 0.695. The highest BCUT2D eigenvalue weighted by Crippen LogP contribution is 2.49. The van der Waals surface area contributed by atoms with E-state index in [4.69, 9.17) is 0 Å². The molecule has 0 spiro atoms. The molecular formula is C31H30. The Morgan fingerprint density at radius 2 is 0.581 bits per heavy atom. The molecule has 4 aromatic carbocycles. The van der Waals surface area contributed by atoms with Gasteiger partial charge in [-0.1, -0.05) is 104 Å². The lowest BCUT2D eigenvalue weighted by atomic mass is 9.71. The summed E-state index contributed by atoms with van der Waals surface area (Å²) in [5, 5.41) is 0. The third-order valence-electron chi connectivity index (χ3n) is 7.22. The van der Waals surface area contributed by atoms with Crippen molar-refractivity contribution in [3.05, 3.63) is 142 Å². The molecule has 0 unspecified atom stereocenters. The molecule has 0 heterocycles. The Kier molecular flexibility index (Phi) is 5.24. The van der Waals surface area contributed by atoms with Gasteiger partial charge in [0, 0.05) is 11.8 Å². The first-order valence-corrected chi connectivity index (χ1v) is 11.2. The molecule has 0 heteroatoms. The Balaban J connectivity index is 0.00000204. The number of hydrogen-bond donors (Lipinski definition) is 0. The second kappa shape index (κ2) is 8.19. The van der Waals surface area contributed by atoms with Gasteiger partial charge >= 0.3 is 0 Å². The van der Waals surface area contributed by atoms with Crippen molar-refractivity contribution < 1.29 is 0 Å². The van der Waals surface area contributed by atoms with Crippen molar-refractivity contribution in [1.29, 1.82) is 0 Å².